The van der Waals surface area contributed by atoms with Crippen LogP contribution in [0, 0.1) is 0 Å². The molecule has 0 atom stereocenters. The van der Waals surface area contributed by atoms with Gasteiger partial charge >= 0.3 is 0 Å². The Hall–Kier alpha value is -2.50. The summed E-state index contributed by atoms with van der Waals surface area (Å²) in [6.45, 7) is 4.80. The van der Waals surface area contributed by atoms with Crippen LogP contribution in [0.25, 0.3) is 10.9 Å². The zero-order valence-electron chi connectivity index (χ0n) is 11.5. The highest BCUT2D eigenvalue weighted by Crippen LogP contribution is 2.33. The second-order valence-corrected chi connectivity index (χ2v) is 4.14. The summed E-state index contributed by atoms with van der Waals surface area (Å²) >= 11 is 0. The molecule has 6 nitrogen and oxygen atoms in total. The van der Waals surface area contributed by atoms with Gasteiger partial charge in [0.2, 0.25) is 0 Å². The Morgan fingerprint density at radius 1 is 1.15 bits per heavy atom. The number of rotatable bonds is 5. The van der Waals surface area contributed by atoms with Crippen LogP contribution in [-0.2, 0) is 0 Å². The van der Waals surface area contributed by atoms with E-state index in [0.29, 0.717) is 30.2 Å². The molecule has 0 spiro atoms. The second-order valence-electron chi connectivity index (χ2n) is 4.14. The molecule has 106 valence electrons. The molecule has 0 fully saturated rings. The molecule has 4 N–H and O–H groups in total. The van der Waals surface area contributed by atoms with Crippen LogP contribution >= 0.6 is 0 Å². The molecule has 20 heavy (non-hydrogen) atoms. The van der Waals surface area contributed by atoms with Crippen molar-refractivity contribution in [1.29, 1.82) is 0 Å². The number of fused-ring (bicyclic) bond motifs is 1. The van der Waals surface area contributed by atoms with Crippen molar-refractivity contribution in [2.75, 3.05) is 18.9 Å². The molecule has 0 saturated carbocycles. The van der Waals surface area contributed by atoms with E-state index in [1.807, 2.05) is 13.8 Å². The predicted octanol–water partition coefficient (Wildman–Crippen LogP) is 1.71. The van der Waals surface area contributed by atoms with Gasteiger partial charge < -0.3 is 20.9 Å². The van der Waals surface area contributed by atoms with Gasteiger partial charge in [-0.1, -0.05) is 0 Å². The van der Waals surface area contributed by atoms with E-state index in [9.17, 15) is 4.79 Å². The zero-order valence-corrected chi connectivity index (χ0v) is 11.5. The van der Waals surface area contributed by atoms with Gasteiger partial charge in [0.1, 0.15) is 5.82 Å². The second kappa shape index (κ2) is 5.64. The third kappa shape index (κ3) is 2.59. The van der Waals surface area contributed by atoms with Crippen LogP contribution in [0.3, 0.4) is 0 Å². The number of pyridine rings is 1. The topological polar surface area (TPSA) is 100 Å². The maximum atomic E-state index is 11.3. The Balaban J connectivity index is 2.63. The number of ether oxygens (including phenoxy) is 2. The van der Waals surface area contributed by atoms with Gasteiger partial charge in [0.15, 0.2) is 11.5 Å². The number of amides is 1. The highest BCUT2D eigenvalue weighted by molar-refractivity contribution is 6.01. The lowest BCUT2D eigenvalue weighted by atomic mass is 10.1. The predicted molar refractivity (Wildman–Crippen MR) is 77.0 cm³/mol. The molecule has 0 saturated heterocycles. The van der Waals surface area contributed by atoms with Gasteiger partial charge in [0, 0.05) is 11.5 Å². The highest BCUT2D eigenvalue weighted by Gasteiger charge is 2.13. The lowest BCUT2D eigenvalue weighted by Gasteiger charge is -2.12. The lowest BCUT2D eigenvalue weighted by Crippen LogP contribution is -2.14. The molecule has 1 amide bonds. The highest BCUT2D eigenvalue weighted by atomic mass is 16.5. The monoisotopic (exact) mass is 275 g/mol. The van der Waals surface area contributed by atoms with E-state index in [2.05, 4.69) is 4.98 Å². The average Bonchev–Trinajstić information content (AvgIpc) is 2.39. The Kier molecular flexibility index (Phi) is 3.93. The number of hydrogen-bond donors (Lipinski definition) is 2. The maximum absolute atomic E-state index is 11.3. The fourth-order valence-corrected chi connectivity index (χ4v) is 1.93. The number of carbonyl (C=O) groups is 1. The molecule has 0 aliphatic carbocycles. The molecule has 0 unspecified atom stereocenters. The fraction of sp³-hybridized carbons (Fsp3) is 0.286. The van der Waals surface area contributed by atoms with Crippen molar-refractivity contribution >= 4 is 22.6 Å². The van der Waals surface area contributed by atoms with Crippen LogP contribution in [0.4, 0.5) is 5.82 Å². The fourth-order valence-electron chi connectivity index (χ4n) is 1.93. The van der Waals surface area contributed by atoms with Gasteiger partial charge in [-0.05, 0) is 26.0 Å². The summed E-state index contributed by atoms with van der Waals surface area (Å²) in [4.78, 5) is 15.5. The normalized spacial score (nSPS) is 10.5. The molecule has 0 aliphatic heterocycles. The molecular weight excluding hydrogens is 258 g/mol. The summed E-state index contributed by atoms with van der Waals surface area (Å²) in [7, 11) is 0. The summed E-state index contributed by atoms with van der Waals surface area (Å²) in [5.41, 5.74) is 11.8. The molecule has 2 rings (SSSR count). The van der Waals surface area contributed by atoms with Crippen molar-refractivity contribution < 1.29 is 14.3 Å². The minimum absolute atomic E-state index is 0.108. The van der Waals surface area contributed by atoms with Crippen LogP contribution in [0.15, 0.2) is 18.2 Å². The van der Waals surface area contributed by atoms with Crippen LogP contribution in [-0.4, -0.2) is 24.1 Å². The Labute approximate surface area is 116 Å². The van der Waals surface area contributed by atoms with Gasteiger partial charge in [-0.2, -0.15) is 0 Å². The maximum Gasteiger partial charge on any atom is 0.252 e. The standard InChI is InChI=1S/C14H17N3O3/c1-3-19-11-6-8-5-9(14(16)18)13(15)17-10(8)7-12(11)20-4-2/h5-7H,3-4H2,1-2H3,(H2,15,17)(H2,16,18). The first kappa shape index (κ1) is 13.9. The van der Waals surface area contributed by atoms with E-state index in [1.165, 1.54) is 0 Å². The van der Waals surface area contributed by atoms with Crippen LogP contribution in [0.5, 0.6) is 11.5 Å². The first-order valence-electron chi connectivity index (χ1n) is 6.36. The zero-order chi connectivity index (χ0) is 14.7. The molecule has 1 aromatic heterocycles. The molecule has 1 heterocycles. The number of primary amides is 1. The van der Waals surface area contributed by atoms with E-state index in [1.54, 1.807) is 18.2 Å². The molecule has 1 aromatic carbocycles. The lowest BCUT2D eigenvalue weighted by molar-refractivity contribution is 0.100. The third-order valence-electron chi connectivity index (χ3n) is 2.77. The van der Waals surface area contributed by atoms with E-state index in [0.717, 1.165) is 5.39 Å². The number of anilines is 1. The SMILES string of the molecule is CCOc1cc2cc(C(N)=O)c(N)nc2cc1OCC. The van der Waals surface area contributed by atoms with Crippen molar-refractivity contribution in [2.45, 2.75) is 13.8 Å². The van der Waals surface area contributed by atoms with Crippen molar-refractivity contribution in [1.82, 2.24) is 4.98 Å². The minimum atomic E-state index is -0.608. The number of nitrogens with zero attached hydrogens (tertiary/aromatic N) is 1. The van der Waals surface area contributed by atoms with Crippen molar-refractivity contribution in [3.8, 4) is 11.5 Å². The van der Waals surface area contributed by atoms with Gasteiger partial charge in [-0.15, -0.1) is 0 Å². The van der Waals surface area contributed by atoms with Crippen molar-refractivity contribution in [3.63, 3.8) is 0 Å². The van der Waals surface area contributed by atoms with Crippen LogP contribution in [0.2, 0.25) is 0 Å². The van der Waals surface area contributed by atoms with E-state index < -0.39 is 5.91 Å². The van der Waals surface area contributed by atoms with Gasteiger partial charge in [0.05, 0.1) is 24.3 Å². The Morgan fingerprint density at radius 3 is 2.30 bits per heavy atom. The largest absolute Gasteiger partial charge is 0.490 e. The Bertz CT molecular complexity index is 656. The summed E-state index contributed by atoms with van der Waals surface area (Å²) < 4.78 is 11.0. The molecule has 2 aromatic rings. The van der Waals surface area contributed by atoms with Crippen LogP contribution < -0.4 is 20.9 Å². The van der Waals surface area contributed by atoms with Gasteiger partial charge in [-0.25, -0.2) is 4.98 Å². The average molecular weight is 275 g/mol. The summed E-state index contributed by atoms with van der Waals surface area (Å²) in [5, 5.41) is 0.722. The van der Waals surface area contributed by atoms with Crippen molar-refractivity contribution in [2.24, 2.45) is 5.73 Å². The molecule has 0 bridgehead atoms. The Morgan fingerprint density at radius 2 is 1.75 bits per heavy atom. The van der Waals surface area contributed by atoms with Gasteiger partial charge in [0.25, 0.3) is 5.91 Å². The molecule has 0 aliphatic rings. The van der Waals surface area contributed by atoms with Crippen molar-refractivity contribution in [3.05, 3.63) is 23.8 Å². The number of hydrogen-bond acceptors (Lipinski definition) is 5. The van der Waals surface area contributed by atoms with E-state index in [-0.39, 0.29) is 11.4 Å². The first-order chi connectivity index (χ1) is 9.56. The minimum Gasteiger partial charge on any atom is -0.490 e. The molecular formula is C14H17N3O3. The first-order valence-corrected chi connectivity index (χ1v) is 6.36. The number of nitrogen functional groups attached to an aromatic ring is 1. The molecule has 6 heteroatoms. The number of aromatic nitrogens is 1. The summed E-state index contributed by atoms with van der Waals surface area (Å²) in [6.07, 6.45) is 0. The third-order valence-corrected chi connectivity index (χ3v) is 2.77. The number of nitrogens with two attached hydrogens (primary N) is 2. The number of benzene rings is 1. The smallest absolute Gasteiger partial charge is 0.252 e. The quantitative estimate of drug-likeness (QED) is 0.865. The number of carbonyl (C=O) groups excluding carboxylic acids is 1. The van der Waals surface area contributed by atoms with Gasteiger partial charge in [-0.3, -0.25) is 4.79 Å². The summed E-state index contributed by atoms with van der Waals surface area (Å²) in [5.74, 6) is 0.699. The summed E-state index contributed by atoms with van der Waals surface area (Å²) in [6, 6.07) is 5.12. The van der Waals surface area contributed by atoms with E-state index in [4.69, 9.17) is 20.9 Å². The molecule has 0 radical (unpaired) electrons. The van der Waals surface area contributed by atoms with E-state index >= 15 is 0 Å². The van der Waals surface area contributed by atoms with Crippen LogP contribution in [0.1, 0.15) is 24.2 Å².